The van der Waals surface area contributed by atoms with Gasteiger partial charge in [0.05, 0.1) is 6.04 Å². The Morgan fingerprint density at radius 3 is 2.54 bits per heavy atom. The third-order valence-corrected chi connectivity index (χ3v) is 6.25. The second kappa shape index (κ2) is 10.5. The maximum absolute atomic E-state index is 13.9. The normalized spacial score (nSPS) is 18.7. The van der Waals surface area contributed by atoms with Gasteiger partial charge in [0.1, 0.15) is 23.3 Å². The van der Waals surface area contributed by atoms with Crippen LogP contribution < -0.4 is 5.30 Å². The van der Waals surface area contributed by atoms with Gasteiger partial charge in [-0.2, -0.15) is 9.78 Å². The van der Waals surface area contributed by atoms with Crippen LogP contribution in [0.4, 0.5) is 9.18 Å². The van der Waals surface area contributed by atoms with Gasteiger partial charge in [0, 0.05) is 38.8 Å². The third kappa shape index (κ3) is 5.48. The van der Waals surface area contributed by atoms with Crippen LogP contribution in [-0.2, 0) is 0 Å². The lowest BCUT2D eigenvalue weighted by molar-refractivity contribution is 0.116. The lowest BCUT2D eigenvalue weighted by Crippen LogP contribution is -2.51. The molecule has 1 aromatic heterocycles. The SMILES string of the molecule is C=C(/N=C(\C=C/C)n1nc(C)nc1C)N1CCN(C(=O)N2N=CCC2c2cc(F)cc(P)c2)CC1. The molecule has 2 aromatic rings. The molecule has 2 unspecified atom stereocenters. The highest BCUT2D eigenvalue weighted by atomic mass is 31.0. The first-order chi connectivity index (χ1) is 16.8. The first kappa shape index (κ1) is 24.7. The third-order valence-electron chi connectivity index (χ3n) is 5.92. The molecule has 2 amide bonds. The van der Waals surface area contributed by atoms with Gasteiger partial charge in [-0.25, -0.2) is 24.2 Å². The molecule has 0 saturated carbocycles. The Bertz CT molecular complexity index is 1190. The van der Waals surface area contributed by atoms with E-state index in [4.69, 9.17) is 4.99 Å². The van der Waals surface area contributed by atoms with E-state index in [0.29, 0.717) is 50.1 Å². The Hall–Kier alpha value is -3.39. The lowest BCUT2D eigenvalue weighted by Gasteiger charge is -2.37. The minimum Gasteiger partial charge on any atom is -0.353 e. The number of urea groups is 1. The standard InChI is InChI=1S/C24H30FN8OP/c1-5-6-23(32-18(4)27-16(2)29-32)28-17(3)30-9-11-31(12-10-30)24(34)33-22(7-8-26-33)19-13-20(25)15-21(35)14-19/h5-6,8,13-15,22H,3,7,9-12,35H2,1-2,4H3/b6-5-,28-23+. The summed E-state index contributed by atoms with van der Waals surface area (Å²) in [5.41, 5.74) is 0.734. The number of piperazine rings is 1. The van der Waals surface area contributed by atoms with Crippen molar-refractivity contribution >= 4 is 32.6 Å². The van der Waals surface area contributed by atoms with E-state index in [1.807, 2.05) is 43.9 Å². The monoisotopic (exact) mass is 496 g/mol. The number of nitrogens with zero attached hydrogens (tertiary/aromatic N) is 8. The van der Waals surface area contributed by atoms with Gasteiger partial charge in [0.25, 0.3) is 0 Å². The molecule has 0 N–H and O–H groups in total. The van der Waals surface area contributed by atoms with Crippen LogP contribution in [-0.4, -0.2) is 73.8 Å². The molecule has 1 fully saturated rings. The van der Waals surface area contributed by atoms with Gasteiger partial charge in [-0.15, -0.1) is 14.3 Å². The fraction of sp³-hybridized carbons (Fsp3) is 0.375. The van der Waals surface area contributed by atoms with Crippen LogP contribution in [0.15, 0.2) is 52.8 Å². The molecule has 184 valence electrons. The Balaban J connectivity index is 1.42. The van der Waals surface area contributed by atoms with Crippen LogP contribution in [0.5, 0.6) is 0 Å². The number of aryl methyl sites for hydroxylation is 2. The number of rotatable bonds is 4. The highest BCUT2D eigenvalue weighted by molar-refractivity contribution is 7.27. The van der Waals surface area contributed by atoms with E-state index in [9.17, 15) is 9.18 Å². The molecule has 3 heterocycles. The van der Waals surface area contributed by atoms with Crippen molar-refractivity contribution in [2.24, 2.45) is 10.1 Å². The Labute approximate surface area is 206 Å². The fourth-order valence-electron chi connectivity index (χ4n) is 4.25. The van der Waals surface area contributed by atoms with Gasteiger partial charge < -0.3 is 9.80 Å². The zero-order chi connectivity index (χ0) is 25.1. The zero-order valence-electron chi connectivity index (χ0n) is 20.2. The summed E-state index contributed by atoms with van der Waals surface area (Å²) in [5.74, 6) is 2.32. The molecule has 2 aliphatic heterocycles. The smallest absolute Gasteiger partial charge is 0.341 e. The van der Waals surface area contributed by atoms with Crippen molar-refractivity contribution in [1.29, 1.82) is 0 Å². The fourth-order valence-corrected chi connectivity index (χ4v) is 4.60. The second-order valence-electron chi connectivity index (χ2n) is 8.47. The highest BCUT2D eigenvalue weighted by Crippen LogP contribution is 2.30. The Morgan fingerprint density at radius 2 is 1.91 bits per heavy atom. The van der Waals surface area contributed by atoms with Crippen molar-refractivity contribution in [3.8, 4) is 0 Å². The number of hydrazone groups is 1. The number of carbonyl (C=O) groups excluding carboxylic acids is 1. The topological polar surface area (TPSA) is 82.2 Å². The highest BCUT2D eigenvalue weighted by Gasteiger charge is 2.33. The van der Waals surface area contributed by atoms with Gasteiger partial charge in [-0.3, -0.25) is 0 Å². The molecule has 35 heavy (non-hydrogen) atoms. The van der Waals surface area contributed by atoms with Crippen LogP contribution in [0.3, 0.4) is 0 Å². The maximum atomic E-state index is 13.9. The summed E-state index contributed by atoms with van der Waals surface area (Å²) in [5, 5.41) is 10.9. The molecular formula is C24H30FN8OP. The molecule has 0 radical (unpaired) electrons. The van der Waals surface area contributed by atoms with Crippen molar-refractivity contribution in [3.63, 3.8) is 0 Å². The number of halogens is 1. The summed E-state index contributed by atoms with van der Waals surface area (Å²) >= 11 is 0. The van der Waals surface area contributed by atoms with E-state index in [1.54, 1.807) is 15.8 Å². The summed E-state index contributed by atoms with van der Waals surface area (Å²) < 4.78 is 15.6. The largest absolute Gasteiger partial charge is 0.353 e. The average Bonchev–Trinajstić information content (AvgIpc) is 3.44. The molecule has 0 aliphatic carbocycles. The number of aromatic nitrogens is 3. The van der Waals surface area contributed by atoms with Gasteiger partial charge in [0.2, 0.25) is 0 Å². The summed E-state index contributed by atoms with van der Waals surface area (Å²) in [6.07, 6.45) is 6.02. The summed E-state index contributed by atoms with van der Waals surface area (Å²) in [7, 11) is 2.50. The van der Waals surface area contributed by atoms with Gasteiger partial charge in [-0.1, -0.05) is 12.7 Å². The Kier molecular flexibility index (Phi) is 7.40. The average molecular weight is 497 g/mol. The number of hydrogen-bond acceptors (Lipinski definition) is 6. The van der Waals surface area contributed by atoms with Crippen molar-refractivity contribution in [1.82, 2.24) is 29.6 Å². The molecule has 2 aliphatic rings. The van der Waals surface area contributed by atoms with E-state index in [0.717, 1.165) is 16.7 Å². The number of benzene rings is 1. The van der Waals surface area contributed by atoms with Crippen molar-refractivity contribution in [2.45, 2.75) is 33.2 Å². The molecule has 0 bridgehead atoms. The number of amides is 2. The van der Waals surface area contributed by atoms with E-state index >= 15 is 0 Å². The van der Waals surface area contributed by atoms with E-state index in [-0.39, 0.29) is 17.9 Å². The van der Waals surface area contributed by atoms with E-state index in [2.05, 4.69) is 31.0 Å². The van der Waals surface area contributed by atoms with Crippen molar-refractivity contribution in [3.05, 3.63) is 65.8 Å². The van der Waals surface area contributed by atoms with Crippen LogP contribution >= 0.6 is 9.24 Å². The zero-order valence-corrected chi connectivity index (χ0v) is 21.4. The molecule has 4 rings (SSSR count). The van der Waals surface area contributed by atoms with Crippen LogP contribution in [0.2, 0.25) is 0 Å². The summed E-state index contributed by atoms with van der Waals surface area (Å²) in [4.78, 5) is 26.1. The number of hydrogen-bond donors (Lipinski definition) is 0. The first-order valence-corrected chi connectivity index (χ1v) is 12.1. The van der Waals surface area contributed by atoms with Crippen molar-refractivity contribution < 1.29 is 9.18 Å². The molecule has 1 aromatic carbocycles. The second-order valence-corrected chi connectivity index (χ2v) is 9.14. The number of allylic oxidation sites excluding steroid dienone is 2. The van der Waals surface area contributed by atoms with E-state index < -0.39 is 0 Å². The quantitative estimate of drug-likeness (QED) is 0.370. The molecular weight excluding hydrogens is 466 g/mol. The van der Waals surface area contributed by atoms with Gasteiger partial charge in [0.15, 0.2) is 5.84 Å². The molecule has 0 spiro atoms. The molecule has 2 atom stereocenters. The molecule has 1 saturated heterocycles. The van der Waals surface area contributed by atoms with Gasteiger partial charge in [-0.05, 0) is 55.9 Å². The van der Waals surface area contributed by atoms with Crippen molar-refractivity contribution in [2.75, 3.05) is 26.2 Å². The van der Waals surface area contributed by atoms with Crippen LogP contribution in [0.1, 0.15) is 36.6 Å². The predicted octanol–water partition coefficient (Wildman–Crippen LogP) is 3.00. The molecule has 9 nitrogen and oxygen atoms in total. The number of carbonyl (C=O) groups is 1. The van der Waals surface area contributed by atoms with Crippen LogP contribution in [0, 0.1) is 19.7 Å². The minimum atomic E-state index is -0.326. The Morgan fingerprint density at radius 1 is 1.20 bits per heavy atom. The number of aliphatic imine (C=N–C) groups is 1. The van der Waals surface area contributed by atoms with E-state index in [1.165, 1.54) is 17.1 Å². The summed E-state index contributed by atoms with van der Waals surface area (Å²) in [6, 6.07) is 4.28. The maximum Gasteiger partial charge on any atom is 0.341 e. The first-order valence-electron chi connectivity index (χ1n) is 11.5. The van der Waals surface area contributed by atoms with Gasteiger partial charge >= 0.3 is 6.03 Å². The summed E-state index contributed by atoms with van der Waals surface area (Å²) in [6.45, 7) is 12.0. The van der Waals surface area contributed by atoms with Crippen LogP contribution in [0.25, 0.3) is 0 Å². The lowest BCUT2D eigenvalue weighted by atomic mass is 10.0. The minimum absolute atomic E-state index is 0.185. The molecule has 11 heteroatoms. The predicted molar refractivity (Wildman–Crippen MR) is 138 cm³/mol.